The number of carbonyl (C=O) groups is 1. The quantitative estimate of drug-likeness (QED) is 0.551. The number of hydrogen-bond acceptors (Lipinski definition) is 6. The first-order valence-corrected chi connectivity index (χ1v) is 9.90. The number of benzene rings is 1. The molecule has 0 aliphatic heterocycles. The number of anilines is 1. The Bertz CT molecular complexity index is 1000. The van der Waals surface area contributed by atoms with E-state index in [2.05, 4.69) is 21.4 Å². The van der Waals surface area contributed by atoms with Crippen LogP contribution in [0.15, 0.2) is 41.1 Å². The predicted molar refractivity (Wildman–Crippen MR) is 102 cm³/mol. The fraction of sp³-hybridized carbons (Fsp3) is 0.118. The van der Waals surface area contributed by atoms with Crippen molar-refractivity contribution in [3.8, 4) is 9.88 Å². The van der Waals surface area contributed by atoms with Gasteiger partial charge in [0.05, 0.1) is 27.2 Å². The van der Waals surface area contributed by atoms with Gasteiger partial charge in [0.1, 0.15) is 5.01 Å². The van der Waals surface area contributed by atoms with Crippen molar-refractivity contribution in [1.29, 1.82) is 0 Å². The lowest BCUT2D eigenvalue weighted by molar-refractivity contribution is -0.115. The van der Waals surface area contributed by atoms with Gasteiger partial charge < -0.3 is 5.32 Å². The Labute approximate surface area is 150 Å². The fourth-order valence-corrected chi connectivity index (χ4v) is 4.93. The van der Waals surface area contributed by atoms with Crippen LogP contribution in [0.2, 0.25) is 0 Å². The second-order valence-corrected chi connectivity index (χ2v) is 8.17. The van der Waals surface area contributed by atoms with Crippen molar-refractivity contribution in [3.63, 3.8) is 0 Å². The van der Waals surface area contributed by atoms with Crippen LogP contribution in [0.1, 0.15) is 11.3 Å². The maximum Gasteiger partial charge on any atom is 0.232 e. The van der Waals surface area contributed by atoms with Gasteiger partial charge >= 0.3 is 0 Å². The minimum absolute atomic E-state index is 0.0891. The van der Waals surface area contributed by atoms with Crippen molar-refractivity contribution in [1.82, 2.24) is 9.97 Å². The molecule has 7 heteroatoms. The summed E-state index contributed by atoms with van der Waals surface area (Å²) in [5, 5.41) is 8.44. The molecule has 0 unspecified atom stereocenters. The lowest BCUT2D eigenvalue weighted by atomic mass is 10.2. The number of hydrogen-bond donors (Lipinski definition) is 1. The van der Waals surface area contributed by atoms with Crippen LogP contribution in [-0.4, -0.2) is 15.9 Å². The Morgan fingerprint density at radius 2 is 2.12 bits per heavy atom. The molecule has 1 N–H and O–H groups in total. The molecular weight excluding hydrogens is 358 g/mol. The summed E-state index contributed by atoms with van der Waals surface area (Å²) in [5.41, 5.74) is 2.89. The second kappa shape index (κ2) is 6.43. The zero-order chi connectivity index (χ0) is 16.5. The fourth-order valence-electron chi connectivity index (χ4n) is 2.31. The van der Waals surface area contributed by atoms with Crippen LogP contribution in [0, 0.1) is 6.92 Å². The number of nitrogens with zero attached hydrogens (tertiary/aromatic N) is 2. The van der Waals surface area contributed by atoms with Gasteiger partial charge in [0, 0.05) is 5.38 Å². The summed E-state index contributed by atoms with van der Waals surface area (Å²) in [5.74, 6) is -0.0891. The first kappa shape index (κ1) is 15.4. The number of amides is 1. The Hall–Kier alpha value is -2.09. The number of aromatic nitrogens is 2. The van der Waals surface area contributed by atoms with Crippen molar-refractivity contribution < 1.29 is 4.79 Å². The van der Waals surface area contributed by atoms with Gasteiger partial charge in [-0.2, -0.15) is 0 Å². The average molecular weight is 372 g/mol. The van der Waals surface area contributed by atoms with Crippen LogP contribution in [0.3, 0.4) is 0 Å². The highest BCUT2D eigenvalue weighted by Crippen LogP contribution is 2.29. The maximum atomic E-state index is 12.2. The van der Waals surface area contributed by atoms with E-state index < -0.39 is 0 Å². The van der Waals surface area contributed by atoms with Crippen molar-refractivity contribution in [2.24, 2.45) is 0 Å². The number of aryl methyl sites for hydroxylation is 1. The number of rotatable bonds is 4. The van der Waals surface area contributed by atoms with Crippen molar-refractivity contribution >= 4 is 55.3 Å². The smallest absolute Gasteiger partial charge is 0.232 e. The number of thiazole rings is 2. The van der Waals surface area contributed by atoms with Crippen molar-refractivity contribution in [3.05, 3.63) is 52.3 Å². The molecule has 0 aliphatic rings. The van der Waals surface area contributed by atoms with Crippen LogP contribution in [0.4, 0.5) is 5.13 Å². The molecule has 0 saturated heterocycles. The van der Waals surface area contributed by atoms with E-state index in [-0.39, 0.29) is 12.3 Å². The van der Waals surface area contributed by atoms with Gasteiger partial charge in [-0.15, -0.1) is 22.7 Å². The van der Waals surface area contributed by atoms with Crippen LogP contribution in [0.5, 0.6) is 0 Å². The average Bonchev–Trinajstić information content (AvgIpc) is 3.25. The van der Waals surface area contributed by atoms with E-state index in [9.17, 15) is 4.79 Å². The molecule has 3 heterocycles. The summed E-state index contributed by atoms with van der Waals surface area (Å²) in [6, 6.07) is 10.1. The van der Waals surface area contributed by atoms with Gasteiger partial charge in [-0.05, 0) is 36.1 Å². The molecule has 0 atom stereocenters. The van der Waals surface area contributed by atoms with Gasteiger partial charge in [0.15, 0.2) is 5.13 Å². The number of carbonyl (C=O) groups excluding carboxylic acids is 1. The monoisotopic (exact) mass is 371 g/mol. The molecule has 4 rings (SSSR count). The largest absolute Gasteiger partial charge is 0.302 e. The lowest BCUT2D eigenvalue weighted by Gasteiger charge is -1.98. The van der Waals surface area contributed by atoms with Gasteiger partial charge in [-0.25, -0.2) is 9.97 Å². The van der Waals surface area contributed by atoms with Gasteiger partial charge in [-0.3, -0.25) is 4.79 Å². The molecule has 0 spiro atoms. The van der Waals surface area contributed by atoms with Gasteiger partial charge in [-0.1, -0.05) is 23.5 Å². The summed E-state index contributed by atoms with van der Waals surface area (Å²) < 4.78 is 1.08. The van der Waals surface area contributed by atoms with Gasteiger partial charge in [0.25, 0.3) is 0 Å². The van der Waals surface area contributed by atoms with E-state index in [1.54, 1.807) is 22.7 Å². The van der Waals surface area contributed by atoms with E-state index >= 15 is 0 Å². The molecule has 0 fully saturated rings. The Morgan fingerprint density at radius 1 is 1.21 bits per heavy atom. The van der Waals surface area contributed by atoms with E-state index in [0.29, 0.717) is 5.13 Å². The molecule has 1 amide bonds. The molecule has 0 radical (unpaired) electrons. The highest BCUT2D eigenvalue weighted by molar-refractivity contribution is 7.22. The standard InChI is InChI=1S/C17H13N3OS3/c1-10-4-5-12-14(7-10)24-17(19-12)20-15(21)8-11-9-23-16(18-11)13-3-2-6-22-13/h2-7,9H,8H2,1H3,(H,19,20,21). The Morgan fingerprint density at radius 3 is 2.96 bits per heavy atom. The number of thiophene rings is 1. The molecule has 0 saturated carbocycles. The second-order valence-electron chi connectivity index (χ2n) is 5.34. The van der Waals surface area contributed by atoms with Crippen molar-refractivity contribution in [2.45, 2.75) is 13.3 Å². The minimum atomic E-state index is -0.0891. The summed E-state index contributed by atoms with van der Waals surface area (Å²) in [7, 11) is 0. The molecule has 3 aromatic heterocycles. The molecule has 0 aliphatic carbocycles. The van der Waals surface area contributed by atoms with E-state index in [0.717, 1.165) is 25.8 Å². The van der Waals surface area contributed by atoms with E-state index in [4.69, 9.17) is 0 Å². The molecule has 0 bridgehead atoms. The summed E-state index contributed by atoms with van der Waals surface area (Å²) in [4.78, 5) is 22.4. The molecular formula is C17H13N3OS3. The predicted octanol–water partition coefficient (Wildman–Crippen LogP) is 4.97. The molecule has 1 aromatic carbocycles. The summed E-state index contributed by atoms with van der Waals surface area (Å²) in [6.45, 7) is 2.05. The third kappa shape index (κ3) is 3.24. The highest BCUT2D eigenvalue weighted by Gasteiger charge is 2.12. The van der Waals surface area contributed by atoms with Gasteiger partial charge in [0.2, 0.25) is 5.91 Å². The molecule has 4 nitrogen and oxygen atoms in total. The highest BCUT2D eigenvalue weighted by atomic mass is 32.1. The molecule has 4 aromatic rings. The number of nitrogens with one attached hydrogen (secondary N) is 1. The first-order chi connectivity index (χ1) is 11.7. The third-order valence-electron chi connectivity index (χ3n) is 3.42. The normalized spacial score (nSPS) is 11.0. The van der Waals surface area contributed by atoms with Crippen LogP contribution in [0.25, 0.3) is 20.1 Å². The zero-order valence-electron chi connectivity index (χ0n) is 12.8. The Kier molecular flexibility index (Phi) is 4.13. The topological polar surface area (TPSA) is 54.9 Å². The molecule has 120 valence electrons. The van der Waals surface area contributed by atoms with Crippen LogP contribution >= 0.6 is 34.0 Å². The Balaban J connectivity index is 1.46. The zero-order valence-corrected chi connectivity index (χ0v) is 15.2. The van der Waals surface area contributed by atoms with Crippen LogP contribution < -0.4 is 5.32 Å². The molecule has 24 heavy (non-hydrogen) atoms. The first-order valence-electron chi connectivity index (χ1n) is 7.33. The van der Waals surface area contributed by atoms with E-state index in [1.165, 1.54) is 16.9 Å². The minimum Gasteiger partial charge on any atom is -0.302 e. The summed E-state index contributed by atoms with van der Waals surface area (Å²) in [6.07, 6.45) is 0.261. The van der Waals surface area contributed by atoms with E-state index in [1.807, 2.05) is 41.9 Å². The lowest BCUT2D eigenvalue weighted by Crippen LogP contribution is -2.14. The number of fused-ring (bicyclic) bond motifs is 1. The SMILES string of the molecule is Cc1ccc2nc(NC(=O)Cc3csc(-c4cccs4)n3)sc2c1. The maximum absolute atomic E-state index is 12.2. The summed E-state index contributed by atoms with van der Waals surface area (Å²) >= 11 is 4.72. The third-order valence-corrected chi connectivity index (χ3v) is 6.28. The van der Waals surface area contributed by atoms with Crippen LogP contribution in [-0.2, 0) is 11.2 Å². The van der Waals surface area contributed by atoms with Crippen molar-refractivity contribution in [2.75, 3.05) is 5.32 Å².